The van der Waals surface area contributed by atoms with E-state index in [2.05, 4.69) is 31.0 Å². The second kappa shape index (κ2) is 6.77. The predicted molar refractivity (Wildman–Crippen MR) is 77.9 cm³/mol. The zero-order valence-corrected chi connectivity index (χ0v) is 12.5. The number of amides is 1. The summed E-state index contributed by atoms with van der Waals surface area (Å²) in [5.41, 5.74) is 1.01. The van der Waals surface area contributed by atoms with E-state index < -0.39 is 6.04 Å². The van der Waals surface area contributed by atoms with Gasteiger partial charge in [-0.15, -0.1) is 5.10 Å². The van der Waals surface area contributed by atoms with Crippen LogP contribution in [0.5, 0.6) is 0 Å². The summed E-state index contributed by atoms with van der Waals surface area (Å²) in [4.78, 5) is 16.6. The van der Waals surface area contributed by atoms with E-state index in [0.29, 0.717) is 18.1 Å². The lowest BCUT2D eigenvalue weighted by Crippen LogP contribution is -2.34. The van der Waals surface area contributed by atoms with Gasteiger partial charge < -0.3 is 9.84 Å². The number of rotatable bonds is 6. The van der Waals surface area contributed by atoms with Crippen LogP contribution < -0.4 is 5.32 Å². The fourth-order valence-corrected chi connectivity index (χ4v) is 2.15. The quantitative estimate of drug-likeness (QED) is 0.703. The fraction of sp³-hybridized carbons (Fsp3) is 0.286. The van der Waals surface area contributed by atoms with E-state index in [1.165, 1.54) is 11.0 Å². The molecule has 0 saturated heterocycles. The normalized spacial score (nSPS) is 12.0. The highest BCUT2D eigenvalue weighted by atomic mass is 16.5. The topological polar surface area (TPSA) is 112 Å². The smallest absolute Gasteiger partial charge is 0.246 e. The van der Waals surface area contributed by atoms with Crippen molar-refractivity contribution in [1.82, 2.24) is 35.7 Å². The van der Waals surface area contributed by atoms with Gasteiger partial charge in [0, 0.05) is 6.42 Å². The van der Waals surface area contributed by atoms with Gasteiger partial charge in [0.05, 0.1) is 6.54 Å². The van der Waals surface area contributed by atoms with E-state index >= 15 is 0 Å². The van der Waals surface area contributed by atoms with Gasteiger partial charge in [0.15, 0.2) is 5.82 Å². The zero-order chi connectivity index (χ0) is 16.1. The van der Waals surface area contributed by atoms with Crippen molar-refractivity contribution >= 4 is 5.91 Å². The number of hydrogen-bond donors (Lipinski definition) is 1. The Morgan fingerprint density at radius 1 is 1.35 bits per heavy atom. The van der Waals surface area contributed by atoms with Crippen molar-refractivity contribution in [2.45, 2.75) is 25.9 Å². The highest BCUT2D eigenvalue weighted by Crippen LogP contribution is 2.13. The van der Waals surface area contributed by atoms with E-state index in [-0.39, 0.29) is 12.5 Å². The van der Waals surface area contributed by atoms with Gasteiger partial charge >= 0.3 is 0 Å². The molecule has 3 rings (SSSR count). The van der Waals surface area contributed by atoms with Gasteiger partial charge in [0.2, 0.25) is 11.8 Å². The Bertz CT molecular complexity index is 755. The number of benzene rings is 1. The number of nitrogens with zero attached hydrogens (tertiary/aromatic N) is 6. The number of aromatic nitrogens is 6. The van der Waals surface area contributed by atoms with Crippen molar-refractivity contribution in [3.8, 4) is 0 Å². The summed E-state index contributed by atoms with van der Waals surface area (Å²) >= 11 is 0. The van der Waals surface area contributed by atoms with Crippen LogP contribution in [0.4, 0.5) is 0 Å². The van der Waals surface area contributed by atoms with E-state index in [1.807, 2.05) is 30.3 Å². The minimum absolute atomic E-state index is 0.160. The molecule has 9 nitrogen and oxygen atoms in total. The molecule has 2 heterocycles. The molecule has 23 heavy (non-hydrogen) atoms. The van der Waals surface area contributed by atoms with Gasteiger partial charge in [-0.05, 0) is 22.9 Å². The summed E-state index contributed by atoms with van der Waals surface area (Å²) in [7, 11) is 0. The minimum atomic E-state index is -0.559. The molecule has 0 aliphatic heterocycles. The molecule has 0 radical (unpaired) electrons. The Labute approximate surface area is 131 Å². The van der Waals surface area contributed by atoms with Gasteiger partial charge in [-0.1, -0.05) is 35.5 Å². The molecule has 2 aromatic heterocycles. The Hall–Kier alpha value is -3.10. The monoisotopic (exact) mass is 313 g/mol. The van der Waals surface area contributed by atoms with Crippen LogP contribution >= 0.6 is 0 Å². The van der Waals surface area contributed by atoms with Crippen molar-refractivity contribution in [3.05, 3.63) is 53.9 Å². The minimum Gasteiger partial charge on any atom is -0.345 e. The molecule has 118 valence electrons. The third-order valence-corrected chi connectivity index (χ3v) is 3.24. The molecule has 3 aromatic rings. The Kier molecular flexibility index (Phi) is 4.37. The summed E-state index contributed by atoms with van der Waals surface area (Å²) in [6.07, 6.45) is 1.89. The molecular formula is C14H15N7O2. The van der Waals surface area contributed by atoms with Gasteiger partial charge in [-0.2, -0.15) is 4.98 Å². The Balaban J connectivity index is 1.71. The van der Waals surface area contributed by atoms with Crippen molar-refractivity contribution in [3.63, 3.8) is 0 Å². The Morgan fingerprint density at radius 3 is 2.83 bits per heavy atom. The van der Waals surface area contributed by atoms with Crippen molar-refractivity contribution in [1.29, 1.82) is 0 Å². The SMILES string of the molecule is Cc1noc(CNC(=O)[C@H](Cc2ccccc2)n2cnnn2)n1. The fourth-order valence-electron chi connectivity index (χ4n) is 2.15. The molecular weight excluding hydrogens is 298 g/mol. The van der Waals surface area contributed by atoms with Crippen molar-refractivity contribution in [2.75, 3.05) is 0 Å². The summed E-state index contributed by atoms with van der Waals surface area (Å²) < 4.78 is 6.41. The maximum absolute atomic E-state index is 12.5. The van der Waals surface area contributed by atoms with Crippen LogP contribution in [-0.2, 0) is 17.8 Å². The standard InChI is InChI=1S/C14H15N7O2/c1-10-17-13(23-18-10)8-15-14(22)12(21-9-16-19-20-21)7-11-5-3-2-4-6-11/h2-6,9,12H,7-8H2,1H3,(H,15,22)/t12-/m0/s1. The lowest BCUT2D eigenvalue weighted by molar-refractivity contribution is -0.124. The van der Waals surface area contributed by atoms with Gasteiger partial charge in [-0.25, -0.2) is 4.68 Å². The summed E-state index contributed by atoms with van der Waals surface area (Å²) in [5.74, 6) is 0.651. The average molecular weight is 313 g/mol. The highest BCUT2D eigenvalue weighted by Gasteiger charge is 2.22. The van der Waals surface area contributed by atoms with E-state index in [0.717, 1.165) is 5.56 Å². The van der Waals surface area contributed by atoms with Crippen LogP contribution in [0.15, 0.2) is 41.2 Å². The molecule has 1 amide bonds. The van der Waals surface area contributed by atoms with Crippen molar-refractivity contribution in [2.24, 2.45) is 0 Å². The first kappa shape index (κ1) is 14.8. The van der Waals surface area contributed by atoms with Crippen LogP contribution in [-0.4, -0.2) is 36.3 Å². The molecule has 0 saturated carbocycles. The second-order valence-electron chi connectivity index (χ2n) is 4.95. The molecule has 1 N–H and O–H groups in total. The van der Waals surface area contributed by atoms with Crippen LogP contribution in [0.25, 0.3) is 0 Å². The molecule has 0 fully saturated rings. The maximum Gasteiger partial charge on any atom is 0.246 e. The number of carbonyl (C=O) groups is 1. The predicted octanol–water partition coefficient (Wildman–Crippen LogP) is 0.465. The van der Waals surface area contributed by atoms with Gasteiger partial charge in [0.25, 0.3) is 0 Å². The number of carbonyl (C=O) groups excluding carboxylic acids is 1. The largest absolute Gasteiger partial charge is 0.345 e. The molecule has 9 heteroatoms. The third kappa shape index (κ3) is 3.76. The third-order valence-electron chi connectivity index (χ3n) is 3.24. The lowest BCUT2D eigenvalue weighted by Gasteiger charge is -2.15. The number of tetrazole rings is 1. The van der Waals surface area contributed by atoms with E-state index in [1.54, 1.807) is 6.92 Å². The van der Waals surface area contributed by atoms with Crippen LogP contribution in [0, 0.1) is 6.92 Å². The molecule has 1 atom stereocenters. The van der Waals surface area contributed by atoms with Gasteiger partial charge in [-0.3, -0.25) is 4.79 Å². The van der Waals surface area contributed by atoms with Crippen LogP contribution in [0.2, 0.25) is 0 Å². The summed E-state index contributed by atoms with van der Waals surface area (Å²) in [5, 5.41) is 17.5. The Morgan fingerprint density at radius 2 is 2.17 bits per heavy atom. The van der Waals surface area contributed by atoms with E-state index in [4.69, 9.17) is 4.52 Å². The number of nitrogens with one attached hydrogen (secondary N) is 1. The zero-order valence-electron chi connectivity index (χ0n) is 12.5. The molecule has 0 aliphatic rings. The maximum atomic E-state index is 12.5. The van der Waals surface area contributed by atoms with Gasteiger partial charge in [0.1, 0.15) is 12.4 Å². The molecule has 0 aliphatic carbocycles. The van der Waals surface area contributed by atoms with Crippen LogP contribution in [0.1, 0.15) is 23.3 Å². The lowest BCUT2D eigenvalue weighted by atomic mass is 10.1. The van der Waals surface area contributed by atoms with E-state index in [9.17, 15) is 4.79 Å². The first-order valence-electron chi connectivity index (χ1n) is 7.05. The number of hydrogen-bond acceptors (Lipinski definition) is 7. The first-order chi connectivity index (χ1) is 11.2. The number of aryl methyl sites for hydroxylation is 1. The first-order valence-corrected chi connectivity index (χ1v) is 7.05. The molecule has 0 unspecified atom stereocenters. The average Bonchev–Trinajstić information content (AvgIpc) is 3.23. The van der Waals surface area contributed by atoms with Crippen molar-refractivity contribution < 1.29 is 9.32 Å². The van der Waals surface area contributed by atoms with Crippen LogP contribution in [0.3, 0.4) is 0 Å². The molecule has 0 spiro atoms. The molecule has 1 aromatic carbocycles. The summed E-state index contributed by atoms with van der Waals surface area (Å²) in [6.45, 7) is 1.88. The second-order valence-corrected chi connectivity index (χ2v) is 4.95. The molecule has 0 bridgehead atoms. The summed E-state index contributed by atoms with van der Waals surface area (Å²) in [6, 6.07) is 9.11. The highest BCUT2D eigenvalue weighted by molar-refractivity contribution is 5.80.